The number of carbonyl (C=O) groups is 2. The van der Waals surface area contributed by atoms with Crippen LogP contribution in [0.25, 0.3) is 0 Å². The van der Waals surface area contributed by atoms with E-state index in [1.165, 1.54) is 0 Å². The lowest BCUT2D eigenvalue weighted by molar-refractivity contribution is -0.118. The Morgan fingerprint density at radius 2 is 2.33 bits per heavy atom. The second-order valence-electron chi connectivity index (χ2n) is 4.39. The van der Waals surface area contributed by atoms with E-state index in [0.29, 0.717) is 30.0 Å². The molecular formula is C13H16N2O3. The van der Waals surface area contributed by atoms with Gasteiger partial charge in [0.2, 0.25) is 0 Å². The quantitative estimate of drug-likeness (QED) is 0.784. The molecule has 1 amide bonds. The molecule has 1 aromatic carbocycles. The summed E-state index contributed by atoms with van der Waals surface area (Å²) in [6.07, 6.45) is 0.652. The van der Waals surface area contributed by atoms with Gasteiger partial charge in [-0.15, -0.1) is 0 Å². The van der Waals surface area contributed by atoms with Gasteiger partial charge in [0.1, 0.15) is 5.75 Å². The topological polar surface area (TPSA) is 81.4 Å². The van der Waals surface area contributed by atoms with Gasteiger partial charge in [-0.25, -0.2) is 0 Å². The highest BCUT2D eigenvalue weighted by atomic mass is 16.5. The SMILES string of the molecule is CC(CCN)C(=O)c1ccc2c(c1)NC(=O)CO2. The van der Waals surface area contributed by atoms with Crippen molar-refractivity contribution in [3.05, 3.63) is 23.8 Å². The van der Waals surface area contributed by atoms with E-state index >= 15 is 0 Å². The standard InChI is InChI=1S/C13H16N2O3/c1-8(4-5-14)13(17)9-2-3-11-10(6-9)15-12(16)7-18-11/h2-3,6,8H,4-5,7,14H2,1H3,(H,15,16). The van der Waals surface area contributed by atoms with Gasteiger partial charge in [-0.1, -0.05) is 6.92 Å². The maximum Gasteiger partial charge on any atom is 0.262 e. The van der Waals surface area contributed by atoms with Crippen molar-refractivity contribution in [3.63, 3.8) is 0 Å². The van der Waals surface area contributed by atoms with Gasteiger partial charge in [0.15, 0.2) is 12.4 Å². The molecule has 5 nitrogen and oxygen atoms in total. The molecule has 18 heavy (non-hydrogen) atoms. The van der Waals surface area contributed by atoms with Crippen LogP contribution < -0.4 is 15.8 Å². The molecule has 0 radical (unpaired) electrons. The number of benzene rings is 1. The van der Waals surface area contributed by atoms with Crippen LogP contribution in [0.3, 0.4) is 0 Å². The van der Waals surface area contributed by atoms with E-state index in [-0.39, 0.29) is 24.2 Å². The van der Waals surface area contributed by atoms with Crippen LogP contribution in [0, 0.1) is 5.92 Å². The fraction of sp³-hybridized carbons (Fsp3) is 0.385. The first-order chi connectivity index (χ1) is 8.61. The molecule has 96 valence electrons. The van der Waals surface area contributed by atoms with E-state index in [9.17, 15) is 9.59 Å². The van der Waals surface area contributed by atoms with Crippen molar-refractivity contribution in [2.24, 2.45) is 11.7 Å². The summed E-state index contributed by atoms with van der Waals surface area (Å²) in [5, 5.41) is 2.69. The van der Waals surface area contributed by atoms with Gasteiger partial charge in [0, 0.05) is 11.5 Å². The molecule has 0 saturated heterocycles. The van der Waals surface area contributed by atoms with Gasteiger partial charge in [-0.2, -0.15) is 0 Å². The molecule has 0 aliphatic carbocycles. The predicted octanol–water partition coefficient (Wildman–Crippen LogP) is 1.19. The van der Waals surface area contributed by atoms with E-state index in [2.05, 4.69) is 5.32 Å². The third kappa shape index (κ3) is 2.51. The smallest absolute Gasteiger partial charge is 0.262 e. The molecule has 1 aliphatic heterocycles. The highest BCUT2D eigenvalue weighted by Gasteiger charge is 2.20. The highest BCUT2D eigenvalue weighted by Crippen LogP contribution is 2.29. The van der Waals surface area contributed by atoms with Crippen molar-refractivity contribution in [2.75, 3.05) is 18.5 Å². The number of hydrogen-bond donors (Lipinski definition) is 2. The summed E-state index contributed by atoms with van der Waals surface area (Å²) < 4.78 is 5.24. The van der Waals surface area contributed by atoms with E-state index in [4.69, 9.17) is 10.5 Å². The van der Waals surface area contributed by atoms with Gasteiger partial charge >= 0.3 is 0 Å². The summed E-state index contributed by atoms with van der Waals surface area (Å²) in [6, 6.07) is 5.07. The largest absolute Gasteiger partial charge is 0.482 e. The maximum atomic E-state index is 12.1. The van der Waals surface area contributed by atoms with Crippen LogP contribution in [-0.2, 0) is 4.79 Å². The van der Waals surface area contributed by atoms with Crippen LogP contribution in [0.15, 0.2) is 18.2 Å². The third-order valence-corrected chi connectivity index (χ3v) is 2.94. The number of Topliss-reactive ketones (excluding diaryl/α,β-unsaturated/α-hetero) is 1. The number of ether oxygens (including phenoxy) is 1. The molecule has 5 heteroatoms. The summed E-state index contributed by atoms with van der Waals surface area (Å²) in [6.45, 7) is 2.35. The normalized spacial score (nSPS) is 15.3. The molecule has 0 aromatic heterocycles. The number of rotatable bonds is 4. The lowest BCUT2D eigenvalue weighted by Crippen LogP contribution is -2.25. The molecule has 0 bridgehead atoms. The lowest BCUT2D eigenvalue weighted by atomic mass is 9.96. The minimum absolute atomic E-state index is 0.0177. The van der Waals surface area contributed by atoms with Crippen molar-refractivity contribution in [2.45, 2.75) is 13.3 Å². The molecule has 0 saturated carbocycles. The lowest BCUT2D eigenvalue weighted by Gasteiger charge is -2.19. The summed E-state index contributed by atoms with van der Waals surface area (Å²) in [5.41, 5.74) is 6.57. The Morgan fingerprint density at radius 3 is 3.06 bits per heavy atom. The van der Waals surface area contributed by atoms with Gasteiger partial charge in [-0.3, -0.25) is 9.59 Å². The molecule has 2 rings (SSSR count). The van der Waals surface area contributed by atoms with Crippen LogP contribution in [0.2, 0.25) is 0 Å². The molecule has 0 spiro atoms. The van der Waals surface area contributed by atoms with E-state index in [1.807, 2.05) is 6.92 Å². The highest BCUT2D eigenvalue weighted by molar-refractivity contribution is 6.01. The second-order valence-corrected chi connectivity index (χ2v) is 4.39. The van der Waals surface area contributed by atoms with E-state index < -0.39 is 0 Å². The van der Waals surface area contributed by atoms with Crippen molar-refractivity contribution >= 4 is 17.4 Å². The predicted molar refractivity (Wildman–Crippen MR) is 67.7 cm³/mol. The Bertz CT molecular complexity index is 485. The first-order valence-electron chi connectivity index (χ1n) is 5.93. The molecule has 3 N–H and O–H groups in total. The molecule has 1 atom stereocenters. The van der Waals surface area contributed by atoms with Crippen molar-refractivity contribution in [3.8, 4) is 5.75 Å². The van der Waals surface area contributed by atoms with Crippen LogP contribution in [0.5, 0.6) is 5.75 Å². The fourth-order valence-electron chi connectivity index (χ4n) is 1.90. The Balaban J connectivity index is 2.22. The zero-order chi connectivity index (χ0) is 13.1. The van der Waals surface area contributed by atoms with Crippen molar-refractivity contribution in [1.82, 2.24) is 0 Å². The van der Waals surface area contributed by atoms with Gasteiger partial charge in [0.25, 0.3) is 5.91 Å². The van der Waals surface area contributed by atoms with Crippen molar-refractivity contribution in [1.29, 1.82) is 0 Å². The monoisotopic (exact) mass is 248 g/mol. The number of fused-ring (bicyclic) bond motifs is 1. The molecule has 0 fully saturated rings. The zero-order valence-corrected chi connectivity index (χ0v) is 10.2. The number of nitrogens with one attached hydrogen (secondary N) is 1. The molecular weight excluding hydrogens is 232 g/mol. The Labute approximate surface area is 105 Å². The molecule has 1 heterocycles. The van der Waals surface area contributed by atoms with Crippen LogP contribution >= 0.6 is 0 Å². The number of amides is 1. The second kappa shape index (κ2) is 5.18. The summed E-state index contributed by atoms with van der Waals surface area (Å²) in [5.74, 6) is 0.302. The summed E-state index contributed by atoms with van der Waals surface area (Å²) >= 11 is 0. The first kappa shape index (κ1) is 12.6. The zero-order valence-electron chi connectivity index (χ0n) is 10.2. The van der Waals surface area contributed by atoms with Crippen molar-refractivity contribution < 1.29 is 14.3 Å². The number of carbonyl (C=O) groups excluding carboxylic acids is 2. The van der Waals surface area contributed by atoms with Gasteiger partial charge < -0.3 is 15.8 Å². The Kier molecular flexibility index (Phi) is 3.62. The Hall–Kier alpha value is -1.88. The molecule has 1 unspecified atom stereocenters. The molecule has 1 aliphatic rings. The summed E-state index contributed by atoms with van der Waals surface area (Å²) in [4.78, 5) is 23.3. The maximum absolute atomic E-state index is 12.1. The Morgan fingerprint density at radius 1 is 1.56 bits per heavy atom. The van der Waals surface area contributed by atoms with E-state index in [1.54, 1.807) is 18.2 Å². The van der Waals surface area contributed by atoms with Gasteiger partial charge in [-0.05, 0) is 31.2 Å². The van der Waals surface area contributed by atoms with Crippen LogP contribution in [0.1, 0.15) is 23.7 Å². The van der Waals surface area contributed by atoms with Crippen LogP contribution in [-0.4, -0.2) is 24.8 Å². The number of nitrogens with two attached hydrogens (primary N) is 1. The molecule has 1 aromatic rings. The number of hydrogen-bond acceptors (Lipinski definition) is 4. The third-order valence-electron chi connectivity index (χ3n) is 2.94. The average Bonchev–Trinajstić information content (AvgIpc) is 2.37. The number of anilines is 1. The average molecular weight is 248 g/mol. The minimum Gasteiger partial charge on any atom is -0.482 e. The van der Waals surface area contributed by atoms with Gasteiger partial charge in [0.05, 0.1) is 5.69 Å². The number of ketones is 1. The van der Waals surface area contributed by atoms with E-state index in [0.717, 1.165) is 0 Å². The fourth-order valence-corrected chi connectivity index (χ4v) is 1.90. The van der Waals surface area contributed by atoms with Crippen LogP contribution in [0.4, 0.5) is 5.69 Å². The minimum atomic E-state index is -0.206. The first-order valence-corrected chi connectivity index (χ1v) is 5.93. The summed E-state index contributed by atoms with van der Waals surface area (Å²) in [7, 11) is 0.